The average Bonchev–Trinajstić information content (AvgIpc) is 3.25. The lowest BCUT2D eigenvalue weighted by atomic mass is 9.89. The number of benzene rings is 2. The summed E-state index contributed by atoms with van der Waals surface area (Å²) in [6.07, 6.45) is 3.46. The molecule has 3 atom stereocenters. The molecule has 1 aliphatic carbocycles. The smallest absolute Gasteiger partial charge is 0.100 e. The molecular formula is C20H19ClN2S2. The van der Waals surface area contributed by atoms with Crippen LogP contribution >= 0.6 is 35.1 Å². The molecular weight excluding hydrogens is 368 g/mol. The molecule has 2 nitrogen and oxygen atoms in total. The van der Waals surface area contributed by atoms with Gasteiger partial charge in [-0.1, -0.05) is 59.4 Å². The minimum absolute atomic E-state index is 0.279. The second-order valence-corrected chi connectivity index (χ2v) is 9.43. The molecule has 0 amide bonds. The second-order valence-electron chi connectivity index (χ2n) is 6.69. The van der Waals surface area contributed by atoms with E-state index in [0.29, 0.717) is 11.3 Å². The van der Waals surface area contributed by atoms with Gasteiger partial charge in [0.25, 0.3) is 0 Å². The van der Waals surface area contributed by atoms with E-state index in [2.05, 4.69) is 59.2 Å². The van der Waals surface area contributed by atoms with Crippen molar-refractivity contribution < 1.29 is 0 Å². The second kappa shape index (κ2) is 6.49. The minimum Gasteiger partial charge on any atom is -0.371 e. The molecule has 128 valence electrons. The van der Waals surface area contributed by atoms with Crippen molar-refractivity contribution in [3.05, 3.63) is 59.1 Å². The van der Waals surface area contributed by atoms with Gasteiger partial charge in [0.1, 0.15) is 5.37 Å². The molecule has 0 aromatic heterocycles. The highest BCUT2D eigenvalue weighted by atomic mass is 35.5. The predicted octanol–water partition coefficient (Wildman–Crippen LogP) is 6.37. The summed E-state index contributed by atoms with van der Waals surface area (Å²) in [6.45, 7) is 0. The molecule has 3 unspecified atom stereocenters. The van der Waals surface area contributed by atoms with Gasteiger partial charge in [0, 0.05) is 32.1 Å². The minimum atomic E-state index is 0.279. The SMILES string of the molecule is ClC1=C(C2Nc3ccccc3S2)CCCC1C1Nc2ccccc2S1. The van der Waals surface area contributed by atoms with Crippen LogP contribution in [0.3, 0.4) is 0 Å². The van der Waals surface area contributed by atoms with E-state index in [4.69, 9.17) is 11.6 Å². The van der Waals surface area contributed by atoms with Gasteiger partial charge in [-0.2, -0.15) is 0 Å². The third-order valence-corrected chi connectivity index (χ3v) is 8.21. The number of hydrogen-bond donors (Lipinski definition) is 2. The monoisotopic (exact) mass is 386 g/mol. The molecule has 0 spiro atoms. The van der Waals surface area contributed by atoms with Crippen LogP contribution in [0.1, 0.15) is 19.3 Å². The lowest BCUT2D eigenvalue weighted by Crippen LogP contribution is -2.28. The maximum Gasteiger partial charge on any atom is 0.100 e. The summed E-state index contributed by atoms with van der Waals surface area (Å²) in [6, 6.07) is 17.1. The first kappa shape index (κ1) is 16.0. The zero-order chi connectivity index (χ0) is 16.8. The average molecular weight is 387 g/mol. The first-order chi connectivity index (χ1) is 12.3. The Hall–Kier alpha value is -1.23. The number of nitrogens with one attached hydrogen (secondary N) is 2. The first-order valence-corrected chi connectivity index (χ1v) is 10.9. The van der Waals surface area contributed by atoms with Crippen molar-refractivity contribution in [1.82, 2.24) is 0 Å². The van der Waals surface area contributed by atoms with E-state index in [1.54, 1.807) is 0 Å². The fraction of sp³-hybridized carbons (Fsp3) is 0.300. The number of para-hydroxylation sites is 2. The highest BCUT2D eigenvalue weighted by Gasteiger charge is 2.36. The lowest BCUT2D eigenvalue weighted by Gasteiger charge is -2.31. The summed E-state index contributed by atoms with van der Waals surface area (Å²) in [7, 11) is 0. The fourth-order valence-corrected chi connectivity index (χ4v) is 7.00. The molecule has 0 radical (unpaired) electrons. The number of hydrogen-bond acceptors (Lipinski definition) is 4. The van der Waals surface area contributed by atoms with Gasteiger partial charge in [-0.3, -0.25) is 0 Å². The van der Waals surface area contributed by atoms with Gasteiger partial charge in [0.2, 0.25) is 0 Å². The summed E-state index contributed by atoms with van der Waals surface area (Å²) in [4.78, 5) is 2.66. The summed E-state index contributed by atoms with van der Waals surface area (Å²) in [5.41, 5.74) is 3.87. The van der Waals surface area contributed by atoms with Crippen LogP contribution in [0.5, 0.6) is 0 Å². The summed E-state index contributed by atoms with van der Waals surface area (Å²) >= 11 is 10.8. The number of fused-ring (bicyclic) bond motifs is 2. The van der Waals surface area contributed by atoms with Crippen molar-refractivity contribution in [3.8, 4) is 0 Å². The summed E-state index contributed by atoms with van der Waals surface area (Å²) < 4.78 is 0. The Bertz CT molecular complexity index is 801. The van der Waals surface area contributed by atoms with Crippen LogP contribution in [-0.4, -0.2) is 10.7 Å². The lowest BCUT2D eigenvalue weighted by molar-refractivity contribution is 0.517. The Labute approximate surface area is 161 Å². The molecule has 5 heteroatoms. The van der Waals surface area contributed by atoms with Crippen LogP contribution in [0.25, 0.3) is 0 Å². The molecule has 0 saturated heterocycles. The molecule has 25 heavy (non-hydrogen) atoms. The van der Waals surface area contributed by atoms with Crippen molar-refractivity contribution in [2.75, 3.05) is 10.6 Å². The molecule has 0 bridgehead atoms. The number of anilines is 2. The first-order valence-electron chi connectivity index (χ1n) is 8.72. The summed E-state index contributed by atoms with van der Waals surface area (Å²) in [5.74, 6) is 0.383. The highest BCUT2D eigenvalue weighted by molar-refractivity contribution is 8.01. The van der Waals surface area contributed by atoms with Crippen LogP contribution in [0.4, 0.5) is 11.4 Å². The third-order valence-electron chi connectivity index (χ3n) is 5.13. The van der Waals surface area contributed by atoms with Gasteiger partial charge in [-0.15, -0.1) is 0 Å². The van der Waals surface area contributed by atoms with Gasteiger partial charge >= 0.3 is 0 Å². The maximum absolute atomic E-state index is 6.97. The van der Waals surface area contributed by atoms with E-state index in [0.717, 1.165) is 17.9 Å². The Morgan fingerprint density at radius 1 is 0.880 bits per heavy atom. The Balaban J connectivity index is 1.40. The maximum atomic E-state index is 6.97. The largest absolute Gasteiger partial charge is 0.371 e. The number of rotatable bonds is 2. The topological polar surface area (TPSA) is 24.1 Å². The highest BCUT2D eigenvalue weighted by Crippen LogP contribution is 2.50. The fourth-order valence-electron chi connectivity index (χ4n) is 3.87. The van der Waals surface area contributed by atoms with Crippen molar-refractivity contribution in [3.63, 3.8) is 0 Å². The molecule has 2 aliphatic heterocycles. The molecule has 0 fully saturated rings. The molecule has 2 aromatic rings. The van der Waals surface area contributed by atoms with Crippen LogP contribution < -0.4 is 10.6 Å². The van der Waals surface area contributed by atoms with E-state index in [1.165, 1.54) is 33.2 Å². The van der Waals surface area contributed by atoms with Crippen molar-refractivity contribution in [2.45, 2.75) is 39.8 Å². The van der Waals surface area contributed by atoms with Gasteiger partial charge in [0.15, 0.2) is 0 Å². The van der Waals surface area contributed by atoms with Gasteiger partial charge in [-0.25, -0.2) is 0 Å². The van der Waals surface area contributed by atoms with E-state index < -0.39 is 0 Å². The molecule has 2 heterocycles. The Morgan fingerprint density at radius 3 is 2.28 bits per heavy atom. The van der Waals surface area contributed by atoms with Crippen molar-refractivity contribution in [2.24, 2.45) is 5.92 Å². The molecule has 0 saturated carbocycles. The Morgan fingerprint density at radius 2 is 1.56 bits per heavy atom. The quantitative estimate of drug-likeness (QED) is 0.626. The zero-order valence-corrected chi connectivity index (χ0v) is 16.1. The van der Waals surface area contributed by atoms with Crippen molar-refractivity contribution in [1.29, 1.82) is 0 Å². The Kier molecular flexibility index (Phi) is 4.15. The normalized spacial score (nSPS) is 27.5. The van der Waals surface area contributed by atoms with Crippen LogP contribution in [0.15, 0.2) is 68.9 Å². The van der Waals surface area contributed by atoms with Gasteiger partial charge in [-0.05, 0) is 49.1 Å². The van der Waals surface area contributed by atoms with E-state index in [9.17, 15) is 0 Å². The van der Waals surface area contributed by atoms with E-state index >= 15 is 0 Å². The van der Waals surface area contributed by atoms with Gasteiger partial charge in [0.05, 0.1) is 5.37 Å². The number of thioether (sulfide) groups is 2. The van der Waals surface area contributed by atoms with Crippen LogP contribution in [0, 0.1) is 5.92 Å². The van der Waals surface area contributed by atoms with Crippen LogP contribution in [-0.2, 0) is 0 Å². The van der Waals surface area contributed by atoms with Crippen LogP contribution in [0.2, 0.25) is 0 Å². The van der Waals surface area contributed by atoms with Crippen molar-refractivity contribution >= 4 is 46.5 Å². The molecule has 2 N–H and O–H groups in total. The predicted molar refractivity (Wildman–Crippen MR) is 110 cm³/mol. The molecule has 5 rings (SSSR count). The standard InChI is InChI=1S/C20H19ClN2S2/c21-18-12(19-22-14-8-1-3-10-16(14)24-19)6-5-7-13(18)20-23-15-9-2-4-11-17(15)25-20/h1-4,8-12,19-20,22-23H,5-7H2. The summed E-state index contributed by atoms with van der Waals surface area (Å²) in [5, 5.41) is 9.03. The number of halogens is 1. The molecule has 2 aromatic carbocycles. The van der Waals surface area contributed by atoms with Gasteiger partial charge < -0.3 is 10.6 Å². The van der Waals surface area contributed by atoms with E-state index in [1.807, 2.05) is 23.5 Å². The molecule has 3 aliphatic rings. The van der Waals surface area contributed by atoms with E-state index in [-0.39, 0.29) is 5.37 Å². The third kappa shape index (κ3) is 2.84. The zero-order valence-electron chi connectivity index (χ0n) is 13.7.